The number of ether oxygens (including phenoxy) is 1. The third kappa shape index (κ3) is 8.22. The van der Waals surface area contributed by atoms with E-state index < -0.39 is 21.5 Å². The minimum absolute atomic E-state index is 0.00682. The summed E-state index contributed by atoms with van der Waals surface area (Å²) in [7, 11) is -3.95. The highest BCUT2D eigenvalue weighted by Gasteiger charge is 2.49. The molecule has 2 bridgehead atoms. The van der Waals surface area contributed by atoms with E-state index in [1.165, 1.54) is 5.56 Å². The van der Waals surface area contributed by atoms with Gasteiger partial charge in [0.05, 0.1) is 30.1 Å². The first kappa shape index (κ1) is 38.0. The van der Waals surface area contributed by atoms with Crippen molar-refractivity contribution in [3.63, 3.8) is 0 Å². The summed E-state index contributed by atoms with van der Waals surface area (Å²) in [5.74, 6) is 5.76. The molecule has 1 unspecified atom stereocenters. The Morgan fingerprint density at radius 2 is 1.83 bits per heavy atom. The van der Waals surface area contributed by atoms with Crippen LogP contribution in [0.4, 0.5) is 5.69 Å². The first-order chi connectivity index (χ1) is 25.3. The molecule has 1 saturated carbocycles. The topological polar surface area (TPSA) is 119 Å². The minimum atomic E-state index is -3.95. The summed E-state index contributed by atoms with van der Waals surface area (Å²) in [5.41, 5.74) is 2.28. The SMILES string of the molecule is CC#CCN1CCN(C[C@]2(O)CC[C@@H](C)[C@H](C)CS(=O)(=O)NC(=O)c3ccc4c(c3)N(C[C@H]3CCCc5cc(Cl)ccc5C3O4)C[C@@H]3CC[C@H]32)CC1=O. The fraction of sp³-hybridized carbons (Fsp3) is 0.610. The van der Waals surface area contributed by atoms with Crippen LogP contribution in [0.25, 0.3) is 0 Å². The number of amides is 2. The van der Waals surface area contributed by atoms with Gasteiger partial charge in [0.1, 0.15) is 11.9 Å². The van der Waals surface area contributed by atoms with Crippen LogP contribution in [0.2, 0.25) is 5.02 Å². The van der Waals surface area contributed by atoms with Gasteiger partial charge in [-0.05, 0) is 117 Å². The Morgan fingerprint density at radius 1 is 1.02 bits per heavy atom. The third-order valence-electron chi connectivity index (χ3n) is 12.8. The zero-order valence-electron chi connectivity index (χ0n) is 31.2. The van der Waals surface area contributed by atoms with Crippen LogP contribution >= 0.6 is 11.6 Å². The summed E-state index contributed by atoms with van der Waals surface area (Å²) in [5, 5.41) is 13.5. The van der Waals surface area contributed by atoms with Gasteiger partial charge in [0.15, 0.2) is 0 Å². The number of halogens is 1. The van der Waals surface area contributed by atoms with Gasteiger partial charge in [-0.25, -0.2) is 13.1 Å². The molecular formula is C41H53ClN4O6S. The summed E-state index contributed by atoms with van der Waals surface area (Å²) in [6, 6.07) is 11.3. The molecule has 7 rings (SSSR count). The second-order valence-corrected chi connectivity index (χ2v) is 18.5. The van der Waals surface area contributed by atoms with Crippen molar-refractivity contribution in [2.75, 3.05) is 56.5 Å². The van der Waals surface area contributed by atoms with E-state index in [1.807, 2.05) is 26.0 Å². The van der Waals surface area contributed by atoms with Crippen molar-refractivity contribution in [2.45, 2.75) is 77.4 Å². The van der Waals surface area contributed by atoms with E-state index in [0.717, 1.165) is 43.4 Å². The molecule has 10 nitrogen and oxygen atoms in total. The van der Waals surface area contributed by atoms with E-state index >= 15 is 0 Å². The van der Waals surface area contributed by atoms with Gasteiger partial charge >= 0.3 is 0 Å². The van der Waals surface area contributed by atoms with Gasteiger partial charge in [0.2, 0.25) is 15.9 Å². The average Bonchev–Trinajstić information content (AvgIpc) is 3.34. The van der Waals surface area contributed by atoms with Crippen LogP contribution in [0.5, 0.6) is 5.75 Å². The first-order valence-electron chi connectivity index (χ1n) is 19.3. The standard InChI is InChI=1S/C41H53ClN4O6S/c1-4-5-17-45-19-18-44(24-38(45)47)26-41(49)16-15-27(2)28(3)25-53(50,51)43-40(48)30-10-14-37-36(21-30)46(22-31-9-13-35(31)41)23-32-8-6-7-29-20-33(42)11-12-34(29)39(32)52-37/h10-12,14,20-21,27-28,31-32,35,39,49H,6-9,13,15-19,22-26H2,1-3H3,(H,43,48)/t27-,28-,31+,32-,35-,39?,41-/m1/s1. The van der Waals surface area contributed by atoms with E-state index in [-0.39, 0.29) is 59.5 Å². The lowest BCUT2D eigenvalue weighted by Gasteiger charge is -2.51. The lowest BCUT2D eigenvalue weighted by Crippen LogP contribution is -2.59. The summed E-state index contributed by atoms with van der Waals surface area (Å²) in [6.45, 7) is 9.32. The molecule has 12 heteroatoms. The largest absolute Gasteiger partial charge is 0.483 e. The normalized spacial score (nSPS) is 31.9. The number of hydrogen-bond acceptors (Lipinski definition) is 8. The molecule has 2 aromatic carbocycles. The van der Waals surface area contributed by atoms with Gasteiger partial charge in [-0.15, -0.1) is 5.92 Å². The number of carbonyl (C=O) groups is 2. The number of anilines is 1. The number of aryl methyl sites for hydroxylation is 1. The molecule has 3 aliphatic heterocycles. The number of aliphatic hydroxyl groups is 1. The first-order valence-corrected chi connectivity index (χ1v) is 21.4. The predicted molar refractivity (Wildman–Crippen MR) is 206 cm³/mol. The Kier molecular flexibility index (Phi) is 11.1. The lowest BCUT2D eigenvalue weighted by molar-refractivity contribution is -0.141. The van der Waals surface area contributed by atoms with Crippen molar-refractivity contribution < 1.29 is 27.9 Å². The van der Waals surface area contributed by atoms with Crippen LogP contribution in [0.3, 0.4) is 0 Å². The number of hydrogen-bond donors (Lipinski definition) is 2. The molecule has 0 aromatic heterocycles. The molecule has 2 N–H and O–H groups in total. The van der Waals surface area contributed by atoms with Crippen molar-refractivity contribution >= 4 is 39.1 Å². The molecule has 3 heterocycles. The van der Waals surface area contributed by atoms with Crippen LogP contribution in [0.15, 0.2) is 36.4 Å². The Morgan fingerprint density at radius 3 is 2.58 bits per heavy atom. The fourth-order valence-electron chi connectivity index (χ4n) is 9.37. The van der Waals surface area contributed by atoms with Gasteiger partial charge in [-0.2, -0.15) is 0 Å². The molecule has 2 fully saturated rings. The minimum Gasteiger partial charge on any atom is -0.483 e. The molecule has 2 amide bonds. The number of benzene rings is 2. The molecule has 0 radical (unpaired) electrons. The van der Waals surface area contributed by atoms with E-state index in [9.17, 15) is 23.1 Å². The molecule has 1 saturated heterocycles. The smallest absolute Gasteiger partial charge is 0.264 e. The van der Waals surface area contributed by atoms with Crippen LogP contribution in [0, 0.1) is 41.4 Å². The third-order valence-corrected chi connectivity index (χ3v) is 14.5. The van der Waals surface area contributed by atoms with E-state index in [1.54, 1.807) is 30.0 Å². The quantitative estimate of drug-likeness (QED) is 0.406. The molecule has 286 valence electrons. The molecule has 7 atom stereocenters. The Labute approximate surface area is 319 Å². The Bertz CT molecular complexity index is 1900. The summed E-state index contributed by atoms with van der Waals surface area (Å²) < 4.78 is 36.0. The number of rotatable bonds is 3. The maximum absolute atomic E-state index is 13.5. The number of piperazine rings is 1. The van der Waals surface area contributed by atoms with Crippen molar-refractivity contribution in [2.24, 2.45) is 29.6 Å². The van der Waals surface area contributed by atoms with Crippen molar-refractivity contribution in [1.29, 1.82) is 0 Å². The van der Waals surface area contributed by atoms with Crippen LogP contribution in [-0.2, 0) is 21.2 Å². The Hall–Kier alpha value is -3.30. The zero-order chi connectivity index (χ0) is 37.5. The van der Waals surface area contributed by atoms with Crippen molar-refractivity contribution in [1.82, 2.24) is 14.5 Å². The summed E-state index contributed by atoms with van der Waals surface area (Å²) in [4.78, 5) is 32.9. The second-order valence-electron chi connectivity index (χ2n) is 16.3. The number of β-amino-alcohol motifs (C(OH)–C–C–N with tert-alkyl or cyclic N) is 1. The molecular weight excluding hydrogens is 712 g/mol. The molecule has 2 aromatic rings. The maximum Gasteiger partial charge on any atom is 0.264 e. The van der Waals surface area contributed by atoms with Gasteiger partial charge in [-0.3, -0.25) is 14.5 Å². The van der Waals surface area contributed by atoms with Gasteiger partial charge in [0.25, 0.3) is 5.91 Å². The van der Waals surface area contributed by atoms with E-state index in [0.29, 0.717) is 62.9 Å². The Balaban J connectivity index is 1.24. The summed E-state index contributed by atoms with van der Waals surface area (Å²) >= 11 is 6.43. The molecule has 0 spiro atoms. The van der Waals surface area contributed by atoms with Gasteiger partial charge < -0.3 is 19.6 Å². The van der Waals surface area contributed by atoms with E-state index in [2.05, 4.69) is 32.4 Å². The average molecular weight is 765 g/mol. The van der Waals surface area contributed by atoms with Crippen molar-refractivity contribution in [3.8, 4) is 17.6 Å². The van der Waals surface area contributed by atoms with Gasteiger partial charge in [0, 0.05) is 49.2 Å². The molecule has 5 aliphatic rings. The van der Waals surface area contributed by atoms with Crippen LogP contribution < -0.4 is 14.4 Å². The molecule has 53 heavy (non-hydrogen) atoms. The summed E-state index contributed by atoms with van der Waals surface area (Å²) in [6.07, 6.45) is 5.61. The van der Waals surface area contributed by atoms with E-state index in [4.69, 9.17) is 16.3 Å². The molecule has 2 aliphatic carbocycles. The van der Waals surface area contributed by atoms with Crippen molar-refractivity contribution in [3.05, 3.63) is 58.1 Å². The highest BCUT2D eigenvalue weighted by atomic mass is 35.5. The monoisotopic (exact) mass is 764 g/mol. The highest BCUT2D eigenvalue weighted by Crippen LogP contribution is 2.49. The van der Waals surface area contributed by atoms with Crippen LogP contribution in [0.1, 0.15) is 86.9 Å². The zero-order valence-corrected chi connectivity index (χ0v) is 32.7. The number of nitrogens with one attached hydrogen (secondary N) is 1. The van der Waals surface area contributed by atoms with Crippen LogP contribution in [-0.4, -0.2) is 92.3 Å². The number of nitrogens with zero attached hydrogens (tertiary/aromatic N) is 3. The fourth-order valence-corrected chi connectivity index (χ4v) is 11.1. The van der Waals surface area contributed by atoms with Gasteiger partial charge in [-0.1, -0.05) is 37.4 Å². The highest BCUT2D eigenvalue weighted by molar-refractivity contribution is 7.90. The maximum atomic E-state index is 13.5. The predicted octanol–water partition coefficient (Wildman–Crippen LogP) is 5.28. The number of sulfonamides is 1. The number of fused-ring (bicyclic) bond motifs is 5. The lowest BCUT2D eigenvalue weighted by atomic mass is 9.62. The number of carbonyl (C=O) groups excluding carboxylic acids is 2. The second kappa shape index (κ2) is 15.4.